The van der Waals surface area contributed by atoms with Crippen LogP contribution in [0.1, 0.15) is 118 Å². The summed E-state index contributed by atoms with van der Waals surface area (Å²) in [5.74, 6) is -1.36. The van der Waals surface area contributed by atoms with Crippen LogP contribution >= 0.6 is 23.2 Å². The molecule has 78 heavy (non-hydrogen) atoms. The second-order valence-electron chi connectivity index (χ2n) is 21.6. The van der Waals surface area contributed by atoms with E-state index in [1.165, 1.54) is 17.9 Å². The lowest BCUT2D eigenvalue weighted by molar-refractivity contribution is -0.155. The number of nitrogens with one attached hydrogen (secondary N) is 3. The molecule has 15 nitrogen and oxygen atoms in total. The summed E-state index contributed by atoms with van der Waals surface area (Å²) in [5.41, 5.74) is 13.0. The number of ether oxygens (including phenoxy) is 3. The Bertz CT molecular complexity index is 2810. The van der Waals surface area contributed by atoms with Gasteiger partial charge in [0, 0.05) is 93.0 Å². The number of halogens is 2. The number of aromatic nitrogens is 3. The first-order valence-corrected chi connectivity index (χ1v) is 29.3. The highest BCUT2D eigenvalue weighted by molar-refractivity contribution is 6.32. The first-order valence-electron chi connectivity index (χ1n) is 28.6. The number of cyclic esters (lactones) is 1. The number of hydrogen-bond donors (Lipinski definition) is 3. The molecule has 10 rings (SSSR count). The summed E-state index contributed by atoms with van der Waals surface area (Å²) >= 11 is 10.9. The number of rotatable bonds is 7. The molecule has 424 valence electrons. The maximum Gasteiger partial charge on any atom is 0.324 e. The van der Waals surface area contributed by atoms with Gasteiger partial charge in [0.2, 0.25) is 5.91 Å². The van der Waals surface area contributed by atoms with Crippen molar-refractivity contribution in [3.63, 3.8) is 0 Å². The van der Waals surface area contributed by atoms with Crippen LogP contribution < -0.4 is 21.0 Å². The standard InChI is InChI=1S/C52H70N8O6.C5H3Cl2N.2C2H6/c1-8-59-46-14-11-35-26-40(46)42(48(59)41-27-39(29-54-47(41)33(4)64-7)58-19-17-57(18-20-58)38-12-13-38)28-52(5,6)31-66-51(63)44-10-9-16-60(56-44)50(62)45-24-34-22-36(35)25-37(23-34)53-15-21-65-30-43(32(2)3)49(61)55-45;6-4-2-1-3-5(7)8-4;2*1-2/h11,14,22-23,25-27,29,32-33,38,43-45,53,56H,8-10,12-13,15-21,24,28,30-31H2,1-7H3,(H,55,61);1-3H;2*1-2H3/t33?,43-,44-,45?;;;/m0.../s1. The Hall–Kier alpha value is -5.29. The fourth-order valence-electron chi connectivity index (χ4n) is 10.9. The van der Waals surface area contributed by atoms with Crippen LogP contribution in [-0.4, -0.2) is 127 Å². The Labute approximate surface area is 473 Å². The van der Waals surface area contributed by atoms with Gasteiger partial charge in [0.1, 0.15) is 22.4 Å². The molecule has 3 fully saturated rings. The molecule has 0 radical (unpaired) electrons. The van der Waals surface area contributed by atoms with Gasteiger partial charge in [-0.25, -0.2) is 10.4 Å². The summed E-state index contributed by atoms with van der Waals surface area (Å²) in [5, 5.41) is 10.2. The quantitative estimate of drug-likeness (QED) is 0.105. The number of hydrogen-bond acceptors (Lipinski definition) is 12. The van der Waals surface area contributed by atoms with E-state index in [9.17, 15) is 14.4 Å². The minimum absolute atomic E-state index is 0.00704. The van der Waals surface area contributed by atoms with Crippen molar-refractivity contribution in [1.29, 1.82) is 0 Å². The van der Waals surface area contributed by atoms with E-state index >= 15 is 0 Å². The molecule has 1 aliphatic carbocycles. The lowest BCUT2D eigenvalue weighted by atomic mass is 9.84. The summed E-state index contributed by atoms with van der Waals surface area (Å²) in [6.07, 6.45) is 6.39. The van der Waals surface area contributed by atoms with Crippen LogP contribution in [0, 0.1) is 17.3 Å². The normalized spacial score (nSPS) is 21.4. The number of anilines is 2. The third-order valence-electron chi connectivity index (χ3n) is 15.2. The average Bonchev–Trinajstić information content (AvgIpc) is 4.33. The minimum atomic E-state index is -0.895. The number of carbonyl (C=O) groups excluding carboxylic acids is 3. The molecule has 3 N–H and O–H groups in total. The van der Waals surface area contributed by atoms with E-state index in [-0.39, 0.29) is 43.5 Å². The highest BCUT2D eigenvalue weighted by Crippen LogP contribution is 2.43. The highest BCUT2D eigenvalue weighted by Gasteiger charge is 2.37. The van der Waals surface area contributed by atoms with E-state index in [1.54, 1.807) is 25.3 Å². The van der Waals surface area contributed by atoms with Gasteiger partial charge < -0.3 is 34.3 Å². The zero-order chi connectivity index (χ0) is 56.3. The number of aryl methyl sites for hydroxylation is 1. The molecule has 1 saturated carbocycles. The van der Waals surface area contributed by atoms with Gasteiger partial charge >= 0.3 is 5.97 Å². The van der Waals surface area contributed by atoms with E-state index in [1.807, 2.05) is 47.7 Å². The van der Waals surface area contributed by atoms with E-state index in [4.69, 9.17) is 42.4 Å². The van der Waals surface area contributed by atoms with Crippen LogP contribution in [0.15, 0.2) is 66.9 Å². The summed E-state index contributed by atoms with van der Waals surface area (Å²) < 4.78 is 20.8. The molecule has 4 aliphatic heterocycles. The van der Waals surface area contributed by atoms with Crippen molar-refractivity contribution in [3.05, 3.63) is 94.0 Å². The van der Waals surface area contributed by atoms with Gasteiger partial charge in [0.05, 0.1) is 55.1 Å². The van der Waals surface area contributed by atoms with Crippen molar-refractivity contribution >= 4 is 63.3 Å². The molecular formula is C61H85Cl2N9O6. The number of esters is 1. The minimum Gasteiger partial charge on any atom is -0.464 e. The van der Waals surface area contributed by atoms with Gasteiger partial charge in [0.25, 0.3) is 5.91 Å². The van der Waals surface area contributed by atoms with Gasteiger partial charge in [0.15, 0.2) is 0 Å². The zero-order valence-electron chi connectivity index (χ0n) is 48.0. The van der Waals surface area contributed by atoms with E-state index in [0.717, 1.165) is 100 Å². The SMILES string of the molecule is CC.CC.CCn1c(-c2cc(N3CCN(C4CC4)CC3)cnc2C(C)OC)c2c3cc(ccc31)-c1cc3cc(c1)NCCOC[C@@H](C(C)C)C(=O)NC(C3)C(=O)N1CCC[C@H](N1)C(=O)OCC(C)(C)C2.Clc1cccc(Cl)n1. The van der Waals surface area contributed by atoms with Crippen LogP contribution in [-0.2, 0) is 48.0 Å². The Balaban J connectivity index is 0.000000662. The molecule has 5 aromatic rings. The Morgan fingerprint density at radius 1 is 0.872 bits per heavy atom. The topological polar surface area (TPSA) is 155 Å². The van der Waals surface area contributed by atoms with Crippen molar-refractivity contribution < 1.29 is 28.6 Å². The van der Waals surface area contributed by atoms with Gasteiger partial charge in [-0.05, 0) is 117 Å². The predicted molar refractivity (Wildman–Crippen MR) is 315 cm³/mol. The number of nitrogens with zero attached hydrogens (tertiary/aromatic N) is 6. The molecule has 3 aromatic heterocycles. The fraction of sp³-hybridized carbons (Fsp3) is 0.557. The Kier molecular flexibility index (Phi) is 21.5. The molecule has 8 bridgehead atoms. The molecule has 2 aromatic carbocycles. The molecule has 2 saturated heterocycles. The summed E-state index contributed by atoms with van der Waals surface area (Å²) in [4.78, 5) is 56.7. The molecule has 17 heteroatoms. The van der Waals surface area contributed by atoms with Crippen LogP contribution in [0.2, 0.25) is 10.3 Å². The smallest absolute Gasteiger partial charge is 0.324 e. The number of amides is 2. The van der Waals surface area contributed by atoms with Crippen molar-refractivity contribution in [1.82, 2.24) is 35.2 Å². The monoisotopic (exact) mass is 1110 g/mol. The first-order chi connectivity index (χ1) is 37.6. The third-order valence-corrected chi connectivity index (χ3v) is 15.6. The average molecular weight is 1110 g/mol. The number of benzene rings is 2. The number of methoxy groups -OCH3 is 1. The third kappa shape index (κ3) is 14.7. The maximum atomic E-state index is 14.6. The van der Waals surface area contributed by atoms with Crippen LogP contribution in [0.3, 0.4) is 0 Å². The number of pyridine rings is 2. The van der Waals surface area contributed by atoms with Crippen molar-refractivity contribution in [2.45, 2.75) is 139 Å². The van der Waals surface area contributed by atoms with E-state index in [0.29, 0.717) is 49.3 Å². The van der Waals surface area contributed by atoms with Gasteiger partial charge in [-0.15, -0.1) is 0 Å². The fourth-order valence-corrected chi connectivity index (χ4v) is 11.3. The van der Waals surface area contributed by atoms with Crippen LogP contribution in [0.25, 0.3) is 33.3 Å². The van der Waals surface area contributed by atoms with Crippen molar-refractivity contribution in [2.75, 3.05) is 76.4 Å². The maximum absolute atomic E-state index is 14.6. The van der Waals surface area contributed by atoms with Crippen molar-refractivity contribution in [3.8, 4) is 22.4 Å². The molecule has 2 unspecified atom stereocenters. The molecular weight excluding hydrogens is 1030 g/mol. The number of piperazine rings is 1. The van der Waals surface area contributed by atoms with Crippen LogP contribution in [0.5, 0.6) is 0 Å². The lowest BCUT2D eigenvalue weighted by Crippen LogP contribution is -2.61. The Morgan fingerprint density at radius 2 is 1.60 bits per heavy atom. The predicted octanol–water partition coefficient (Wildman–Crippen LogP) is 11.2. The number of fused-ring (bicyclic) bond motifs is 7. The van der Waals surface area contributed by atoms with E-state index in [2.05, 4.69) is 106 Å². The molecule has 0 spiro atoms. The summed E-state index contributed by atoms with van der Waals surface area (Å²) in [6, 6.07) is 19.7. The zero-order valence-corrected chi connectivity index (χ0v) is 49.5. The lowest BCUT2D eigenvalue weighted by Gasteiger charge is -2.36. The van der Waals surface area contributed by atoms with E-state index < -0.39 is 29.4 Å². The second kappa shape index (κ2) is 27.7. The Morgan fingerprint density at radius 3 is 2.26 bits per heavy atom. The van der Waals surface area contributed by atoms with Crippen molar-refractivity contribution in [2.24, 2.45) is 17.3 Å². The second-order valence-corrected chi connectivity index (χ2v) is 22.4. The van der Waals surface area contributed by atoms with Gasteiger partial charge in [-0.1, -0.05) is 96.8 Å². The van der Waals surface area contributed by atoms with Gasteiger partial charge in [-0.2, -0.15) is 0 Å². The molecule has 7 heterocycles. The number of carbonyl (C=O) groups is 3. The summed E-state index contributed by atoms with van der Waals surface area (Å²) in [7, 11) is 1.74. The number of hydrazine groups is 1. The largest absolute Gasteiger partial charge is 0.464 e. The molecule has 5 aliphatic rings. The summed E-state index contributed by atoms with van der Waals surface area (Å²) in [6.45, 7) is 27.1. The van der Waals surface area contributed by atoms with Gasteiger partial charge in [-0.3, -0.25) is 29.3 Å². The first kappa shape index (κ1) is 60.4. The highest BCUT2D eigenvalue weighted by atomic mass is 35.5. The molecule has 2 amide bonds. The van der Waals surface area contributed by atoms with Crippen LogP contribution in [0.4, 0.5) is 11.4 Å². The molecule has 4 atom stereocenters.